The van der Waals surface area contributed by atoms with Crippen molar-refractivity contribution in [3.8, 4) is 0 Å². The molecule has 0 bridgehead atoms. The molecule has 1 saturated heterocycles. The van der Waals surface area contributed by atoms with Gasteiger partial charge in [0.15, 0.2) is 0 Å². The molecule has 1 aliphatic heterocycles. The van der Waals surface area contributed by atoms with Crippen molar-refractivity contribution in [1.82, 2.24) is 14.9 Å². The van der Waals surface area contributed by atoms with Crippen molar-refractivity contribution in [2.24, 2.45) is 18.9 Å². The zero-order chi connectivity index (χ0) is 21.8. The van der Waals surface area contributed by atoms with Crippen LogP contribution >= 0.6 is 0 Å². The molecule has 3 unspecified atom stereocenters. The van der Waals surface area contributed by atoms with Crippen molar-refractivity contribution in [3.05, 3.63) is 59.7 Å². The lowest BCUT2D eigenvalue weighted by Gasteiger charge is -2.23. The first-order valence-electron chi connectivity index (χ1n) is 10.6. The van der Waals surface area contributed by atoms with Gasteiger partial charge in [-0.25, -0.2) is 9.37 Å². The van der Waals surface area contributed by atoms with Gasteiger partial charge in [-0.2, -0.15) is 13.2 Å². The summed E-state index contributed by atoms with van der Waals surface area (Å²) in [5.74, 6) is 0.989. The van der Waals surface area contributed by atoms with Crippen LogP contribution in [0.1, 0.15) is 24.2 Å². The minimum atomic E-state index is -4.43. The number of halogens is 4. The maximum Gasteiger partial charge on any atom is 0.433 e. The predicted octanol–water partition coefficient (Wildman–Crippen LogP) is 4.74. The number of aryl methyl sites for hydroxylation is 1. The molecule has 5 rings (SSSR count). The quantitative estimate of drug-likeness (QED) is 0.605. The van der Waals surface area contributed by atoms with Gasteiger partial charge in [0.25, 0.3) is 0 Å². The molecule has 3 heterocycles. The molecule has 3 aromatic rings. The van der Waals surface area contributed by atoms with Gasteiger partial charge < -0.3 is 14.8 Å². The second-order valence-corrected chi connectivity index (χ2v) is 8.67. The molecular weight excluding hydrogens is 408 g/mol. The van der Waals surface area contributed by atoms with Crippen LogP contribution in [0.3, 0.4) is 0 Å². The Kier molecular flexibility index (Phi) is 4.92. The Morgan fingerprint density at radius 1 is 1.10 bits per heavy atom. The topological polar surface area (TPSA) is 33.1 Å². The van der Waals surface area contributed by atoms with E-state index in [1.165, 1.54) is 12.1 Å². The summed E-state index contributed by atoms with van der Waals surface area (Å²) in [6.45, 7) is 2.12. The van der Waals surface area contributed by atoms with E-state index in [1.807, 2.05) is 18.0 Å². The summed E-state index contributed by atoms with van der Waals surface area (Å²) in [7, 11) is 1.98. The highest BCUT2D eigenvalue weighted by Crippen LogP contribution is 2.40. The number of rotatable bonds is 4. The highest BCUT2D eigenvalue weighted by molar-refractivity contribution is 5.81. The number of aromatic nitrogens is 2. The predicted molar refractivity (Wildman–Crippen MR) is 111 cm³/mol. The second kappa shape index (κ2) is 7.51. The minimum Gasteiger partial charge on any atom is -0.356 e. The van der Waals surface area contributed by atoms with Crippen LogP contribution < -0.4 is 10.2 Å². The molecule has 1 aliphatic carbocycles. The van der Waals surface area contributed by atoms with E-state index in [4.69, 9.17) is 0 Å². The summed E-state index contributed by atoms with van der Waals surface area (Å²) in [6, 6.07) is 11.2. The van der Waals surface area contributed by atoms with Crippen LogP contribution in [0.2, 0.25) is 0 Å². The van der Waals surface area contributed by atoms with Gasteiger partial charge in [0.2, 0.25) is 0 Å². The van der Waals surface area contributed by atoms with Crippen LogP contribution in [-0.4, -0.2) is 28.7 Å². The molecule has 3 atom stereocenters. The average molecular weight is 432 g/mol. The molecule has 2 aliphatic rings. The lowest BCUT2D eigenvalue weighted by atomic mass is 9.98. The highest BCUT2D eigenvalue weighted by atomic mass is 19.4. The third kappa shape index (κ3) is 3.78. The third-order valence-corrected chi connectivity index (χ3v) is 6.85. The molecule has 31 heavy (non-hydrogen) atoms. The fraction of sp³-hybridized carbons (Fsp3) is 0.435. The fourth-order valence-electron chi connectivity index (χ4n) is 5.25. The Labute approximate surface area is 177 Å². The molecule has 164 valence electrons. The first-order chi connectivity index (χ1) is 14.8. The summed E-state index contributed by atoms with van der Waals surface area (Å²) < 4.78 is 54.7. The van der Waals surface area contributed by atoms with Gasteiger partial charge in [0.05, 0.1) is 0 Å². The molecular formula is C23H24F4N4. The number of anilines is 1. The van der Waals surface area contributed by atoms with Gasteiger partial charge in [0, 0.05) is 49.3 Å². The van der Waals surface area contributed by atoms with Crippen LogP contribution in [0, 0.1) is 17.7 Å². The Balaban J connectivity index is 1.27. The van der Waals surface area contributed by atoms with Gasteiger partial charge in [-0.1, -0.05) is 6.07 Å². The number of hydrogen-bond acceptors (Lipinski definition) is 3. The smallest absolute Gasteiger partial charge is 0.356 e. The number of nitrogens with zero attached hydrogens (tertiary/aromatic N) is 3. The van der Waals surface area contributed by atoms with E-state index >= 15 is 0 Å². The van der Waals surface area contributed by atoms with Crippen LogP contribution in [0.25, 0.3) is 10.9 Å². The molecule has 0 radical (unpaired) electrons. The summed E-state index contributed by atoms with van der Waals surface area (Å²) in [5.41, 5.74) is 1.23. The van der Waals surface area contributed by atoms with Gasteiger partial charge in [-0.15, -0.1) is 0 Å². The van der Waals surface area contributed by atoms with E-state index in [-0.39, 0.29) is 5.82 Å². The van der Waals surface area contributed by atoms with E-state index in [0.717, 1.165) is 42.0 Å². The zero-order valence-corrected chi connectivity index (χ0v) is 17.2. The lowest BCUT2D eigenvalue weighted by molar-refractivity contribution is -0.141. The molecule has 8 heteroatoms. The average Bonchev–Trinajstić information content (AvgIpc) is 3.39. The van der Waals surface area contributed by atoms with Crippen LogP contribution in [0.4, 0.5) is 23.4 Å². The van der Waals surface area contributed by atoms with Gasteiger partial charge >= 0.3 is 6.18 Å². The van der Waals surface area contributed by atoms with Crippen molar-refractivity contribution >= 4 is 16.7 Å². The molecule has 1 N–H and O–H groups in total. The van der Waals surface area contributed by atoms with E-state index in [2.05, 4.69) is 14.9 Å². The summed E-state index contributed by atoms with van der Waals surface area (Å²) >= 11 is 0. The monoisotopic (exact) mass is 432 g/mol. The number of alkyl halides is 3. The van der Waals surface area contributed by atoms with Gasteiger partial charge in [0.1, 0.15) is 17.3 Å². The van der Waals surface area contributed by atoms with Gasteiger partial charge in [-0.3, -0.25) is 0 Å². The Morgan fingerprint density at radius 3 is 2.74 bits per heavy atom. The van der Waals surface area contributed by atoms with E-state index in [0.29, 0.717) is 36.8 Å². The SMILES string of the molecule is Cn1c(CNC2CCC3CN(c4cccc(C(F)(F)F)n4)CC32)cc2cc(F)ccc21. The largest absolute Gasteiger partial charge is 0.433 e. The molecule has 1 aromatic carbocycles. The number of nitrogens with one attached hydrogen (secondary N) is 1. The molecule has 1 saturated carbocycles. The van der Waals surface area contributed by atoms with Crippen molar-refractivity contribution in [3.63, 3.8) is 0 Å². The van der Waals surface area contributed by atoms with Crippen molar-refractivity contribution < 1.29 is 17.6 Å². The minimum absolute atomic E-state index is 0.245. The third-order valence-electron chi connectivity index (χ3n) is 6.85. The van der Waals surface area contributed by atoms with Gasteiger partial charge in [-0.05, 0) is 61.1 Å². The maximum atomic E-state index is 13.5. The number of pyridine rings is 1. The van der Waals surface area contributed by atoms with E-state index in [1.54, 1.807) is 18.2 Å². The summed E-state index contributed by atoms with van der Waals surface area (Å²) in [5, 5.41) is 4.53. The Morgan fingerprint density at radius 2 is 1.94 bits per heavy atom. The van der Waals surface area contributed by atoms with Crippen LogP contribution in [0.5, 0.6) is 0 Å². The first-order valence-corrected chi connectivity index (χ1v) is 10.6. The number of benzene rings is 1. The molecule has 4 nitrogen and oxygen atoms in total. The maximum absolute atomic E-state index is 13.5. The highest BCUT2D eigenvalue weighted by Gasteiger charge is 2.43. The lowest BCUT2D eigenvalue weighted by Crippen LogP contribution is -2.36. The van der Waals surface area contributed by atoms with Crippen molar-refractivity contribution in [2.45, 2.75) is 31.6 Å². The second-order valence-electron chi connectivity index (χ2n) is 8.67. The summed E-state index contributed by atoms with van der Waals surface area (Å²) in [4.78, 5) is 5.85. The molecule has 0 spiro atoms. The van der Waals surface area contributed by atoms with Crippen molar-refractivity contribution in [2.75, 3.05) is 18.0 Å². The Bertz CT molecular complexity index is 1110. The van der Waals surface area contributed by atoms with Crippen molar-refractivity contribution in [1.29, 1.82) is 0 Å². The fourth-order valence-corrected chi connectivity index (χ4v) is 5.25. The number of hydrogen-bond donors (Lipinski definition) is 1. The van der Waals surface area contributed by atoms with E-state index < -0.39 is 11.9 Å². The van der Waals surface area contributed by atoms with Crippen LogP contribution in [0.15, 0.2) is 42.5 Å². The standard InChI is InChI=1S/C23H24F4N4/c1-30-17(10-15-9-16(24)6-8-20(15)30)11-28-19-7-5-14-12-31(13-18(14)19)22-4-2-3-21(29-22)23(25,26)27/h2-4,6,8-10,14,18-19,28H,5,7,11-13H2,1H3. The van der Waals surface area contributed by atoms with Crippen LogP contribution in [-0.2, 0) is 19.8 Å². The first kappa shape index (κ1) is 20.3. The number of fused-ring (bicyclic) bond motifs is 2. The summed E-state index contributed by atoms with van der Waals surface area (Å²) in [6.07, 6.45) is -2.33. The normalized spacial score (nSPS) is 23.6. The molecule has 0 amide bonds. The molecule has 2 aromatic heterocycles. The molecule has 2 fully saturated rings. The zero-order valence-electron chi connectivity index (χ0n) is 17.2. The van der Waals surface area contributed by atoms with E-state index in [9.17, 15) is 17.6 Å². The Hall–Kier alpha value is -2.61.